The van der Waals surface area contributed by atoms with Gasteiger partial charge >= 0.3 is 0 Å². The predicted molar refractivity (Wildman–Crippen MR) is 61.5 cm³/mol. The number of benzene rings is 1. The van der Waals surface area contributed by atoms with E-state index in [0.717, 1.165) is 18.6 Å². The van der Waals surface area contributed by atoms with E-state index in [-0.39, 0.29) is 11.5 Å². The van der Waals surface area contributed by atoms with E-state index in [0.29, 0.717) is 19.2 Å². The van der Waals surface area contributed by atoms with Gasteiger partial charge in [-0.05, 0) is 31.0 Å². The second-order valence-corrected chi connectivity index (χ2v) is 4.02. The molecule has 0 fully saturated rings. The zero-order valence-electron chi connectivity index (χ0n) is 9.67. The van der Waals surface area contributed by atoms with Gasteiger partial charge in [-0.25, -0.2) is 8.78 Å². The molecule has 17 heavy (non-hydrogen) atoms. The van der Waals surface area contributed by atoms with E-state index in [1.807, 2.05) is 6.92 Å². The molecular formula is C12H16F2N2O. The lowest BCUT2D eigenvalue weighted by Crippen LogP contribution is -2.29. The SMILES string of the molecule is CC(CCN)CNC(=O)c1ccc(F)cc1F. The highest BCUT2D eigenvalue weighted by atomic mass is 19.1. The number of carbonyl (C=O) groups excluding carboxylic acids is 1. The monoisotopic (exact) mass is 242 g/mol. The maximum Gasteiger partial charge on any atom is 0.254 e. The van der Waals surface area contributed by atoms with E-state index in [1.54, 1.807) is 0 Å². The molecule has 1 rings (SSSR count). The topological polar surface area (TPSA) is 55.1 Å². The molecule has 0 spiro atoms. The standard InChI is InChI=1S/C12H16F2N2O/c1-8(4-5-15)7-16-12(17)10-3-2-9(13)6-11(10)14/h2-3,6,8H,4-5,7,15H2,1H3,(H,16,17). The van der Waals surface area contributed by atoms with Crippen LogP contribution in [0.15, 0.2) is 18.2 Å². The summed E-state index contributed by atoms with van der Waals surface area (Å²) in [4.78, 5) is 11.6. The van der Waals surface area contributed by atoms with E-state index < -0.39 is 17.5 Å². The average Bonchev–Trinajstić information content (AvgIpc) is 2.26. The van der Waals surface area contributed by atoms with Crippen molar-refractivity contribution in [2.75, 3.05) is 13.1 Å². The van der Waals surface area contributed by atoms with Gasteiger partial charge in [-0.3, -0.25) is 4.79 Å². The van der Waals surface area contributed by atoms with Crippen LogP contribution in [0.1, 0.15) is 23.7 Å². The Kier molecular flexibility index (Phi) is 5.03. The number of halogens is 2. The van der Waals surface area contributed by atoms with Crippen LogP contribution in [-0.4, -0.2) is 19.0 Å². The van der Waals surface area contributed by atoms with Crippen LogP contribution < -0.4 is 11.1 Å². The maximum absolute atomic E-state index is 13.3. The first-order valence-electron chi connectivity index (χ1n) is 5.48. The fourth-order valence-electron chi connectivity index (χ4n) is 1.42. The van der Waals surface area contributed by atoms with Gasteiger partial charge in [0.25, 0.3) is 5.91 Å². The summed E-state index contributed by atoms with van der Waals surface area (Å²) in [6, 6.07) is 2.88. The van der Waals surface area contributed by atoms with Crippen molar-refractivity contribution in [3.05, 3.63) is 35.4 Å². The van der Waals surface area contributed by atoms with Crippen LogP contribution in [0.3, 0.4) is 0 Å². The maximum atomic E-state index is 13.3. The summed E-state index contributed by atoms with van der Waals surface area (Å²) in [7, 11) is 0. The van der Waals surface area contributed by atoms with E-state index >= 15 is 0 Å². The second-order valence-electron chi connectivity index (χ2n) is 4.02. The van der Waals surface area contributed by atoms with Crippen molar-refractivity contribution in [3.8, 4) is 0 Å². The molecule has 1 atom stereocenters. The van der Waals surface area contributed by atoms with Crippen molar-refractivity contribution >= 4 is 5.91 Å². The first-order chi connectivity index (χ1) is 8.04. The quantitative estimate of drug-likeness (QED) is 0.825. The number of hydrogen-bond acceptors (Lipinski definition) is 2. The minimum absolute atomic E-state index is 0.147. The second kappa shape index (κ2) is 6.30. The third-order valence-electron chi connectivity index (χ3n) is 2.45. The van der Waals surface area contributed by atoms with E-state index in [2.05, 4.69) is 5.32 Å². The molecule has 1 unspecified atom stereocenters. The van der Waals surface area contributed by atoms with Crippen molar-refractivity contribution in [2.24, 2.45) is 11.7 Å². The summed E-state index contributed by atoms with van der Waals surface area (Å²) >= 11 is 0. The van der Waals surface area contributed by atoms with Crippen molar-refractivity contribution < 1.29 is 13.6 Å². The first kappa shape index (κ1) is 13.6. The molecular weight excluding hydrogens is 226 g/mol. The molecule has 1 aromatic rings. The lowest BCUT2D eigenvalue weighted by atomic mass is 10.1. The largest absolute Gasteiger partial charge is 0.352 e. The van der Waals surface area contributed by atoms with Crippen LogP contribution in [0, 0.1) is 17.6 Å². The molecule has 0 aliphatic rings. The first-order valence-corrected chi connectivity index (χ1v) is 5.48. The van der Waals surface area contributed by atoms with Gasteiger partial charge < -0.3 is 11.1 Å². The summed E-state index contributed by atoms with van der Waals surface area (Å²) in [6.07, 6.45) is 0.784. The van der Waals surface area contributed by atoms with E-state index in [9.17, 15) is 13.6 Å². The normalized spacial score (nSPS) is 12.2. The Bertz CT molecular complexity index is 396. The molecule has 0 radical (unpaired) electrons. The van der Waals surface area contributed by atoms with Crippen LogP contribution in [0.25, 0.3) is 0 Å². The molecule has 1 aromatic carbocycles. The molecule has 1 amide bonds. The minimum Gasteiger partial charge on any atom is -0.352 e. The van der Waals surface area contributed by atoms with Crippen LogP contribution >= 0.6 is 0 Å². The van der Waals surface area contributed by atoms with Gasteiger partial charge in [0.05, 0.1) is 5.56 Å². The summed E-state index contributed by atoms with van der Waals surface area (Å²) in [5, 5.41) is 2.59. The highest BCUT2D eigenvalue weighted by Crippen LogP contribution is 2.09. The number of hydrogen-bond donors (Lipinski definition) is 2. The summed E-state index contributed by atoms with van der Waals surface area (Å²) < 4.78 is 25.9. The number of rotatable bonds is 5. The lowest BCUT2D eigenvalue weighted by molar-refractivity contribution is 0.0943. The van der Waals surface area contributed by atoms with Gasteiger partial charge in [-0.1, -0.05) is 6.92 Å². The van der Waals surface area contributed by atoms with E-state index in [4.69, 9.17) is 5.73 Å². The van der Waals surface area contributed by atoms with Crippen LogP contribution in [0.4, 0.5) is 8.78 Å². The number of carbonyl (C=O) groups is 1. The highest BCUT2D eigenvalue weighted by Gasteiger charge is 2.12. The van der Waals surface area contributed by atoms with Gasteiger partial charge in [0, 0.05) is 12.6 Å². The van der Waals surface area contributed by atoms with Gasteiger partial charge in [-0.2, -0.15) is 0 Å². The van der Waals surface area contributed by atoms with Crippen molar-refractivity contribution in [1.29, 1.82) is 0 Å². The Hall–Kier alpha value is -1.49. The summed E-state index contributed by atoms with van der Waals surface area (Å²) in [5.74, 6) is -1.86. The van der Waals surface area contributed by atoms with Gasteiger partial charge in [0.15, 0.2) is 0 Å². The number of amides is 1. The van der Waals surface area contributed by atoms with E-state index in [1.165, 1.54) is 0 Å². The Morgan fingerprint density at radius 1 is 1.47 bits per heavy atom. The molecule has 0 saturated carbocycles. The molecule has 3 N–H and O–H groups in total. The molecule has 0 bridgehead atoms. The third kappa shape index (κ3) is 4.11. The van der Waals surface area contributed by atoms with Crippen molar-refractivity contribution in [2.45, 2.75) is 13.3 Å². The Morgan fingerprint density at radius 2 is 2.18 bits per heavy atom. The molecule has 5 heteroatoms. The Balaban J connectivity index is 2.58. The fraction of sp³-hybridized carbons (Fsp3) is 0.417. The van der Waals surface area contributed by atoms with Crippen LogP contribution in [0.5, 0.6) is 0 Å². The molecule has 0 aromatic heterocycles. The van der Waals surface area contributed by atoms with Gasteiger partial charge in [0.2, 0.25) is 0 Å². The third-order valence-corrected chi connectivity index (χ3v) is 2.45. The lowest BCUT2D eigenvalue weighted by Gasteiger charge is -2.11. The zero-order chi connectivity index (χ0) is 12.8. The predicted octanol–water partition coefficient (Wildman–Crippen LogP) is 1.68. The van der Waals surface area contributed by atoms with Gasteiger partial charge in [-0.15, -0.1) is 0 Å². The molecule has 94 valence electrons. The number of nitrogens with two attached hydrogens (primary N) is 1. The van der Waals surface area contributed by atoms with Gasteiger partial charge in [0.1, 0.15) is 11.6 Å². The highest BCUT2D eigenvalue weighted by molar-refractivity contribution is 5.94. The fourth-order valence-corrected chi connectivity index (χ4v) is 1.42. The van der Waals surface area contributed by atoms with Crippen LogP contribution in [0.2, 0.25) is 0 Å². The summed E-state index contributed by atoms with van der Waals surface area (Å²) in [5.41, 5.74) is 5.23. The number of nitrogens with one attached hydrogen (secondary N) is 1. The van der Waals surface area contributed by atoms with Crippen molar-refractivity contribution in [3.63, 3.8) is 0 Å². The molecule has 0 heterocycles. The molecule has 0 saturated heterocycles. The van der Waals surface area contributed by atoms with Crippen LogP contribution in [-0.2, 0) is 0 Å². The molecule has 0 aliphatic heterocycles. The smallest absolute Gasteiger partial charge is 0.254 e. The van der Waals surface area contributed by atoms with Crippen molar-refractivity contribution in [1.82, 2.24) is 5.32 Å². The minimum atomic E-state index is -0.853. The average molecular weight is 242 g/mol. The Labute approximate surface area is 99.0 Å². The molecule has 3 nitrogen and oxygen atoms in total. The summed E-state index contributed by atoms with van der Waals surface area (Å²) in [6.45, 7) is 2.91. The Morgan fingerprint density at radius 3 is 2.76 bits per heavy atom. The molecule has 0 aliphatic carbocycles. The zero-order valence-corrected chi connectivity index (χ0v) is 9.67.